The number of rotatable bonds is 2. The second-order valence-electron chi connectivity index (χ2n) is 3.38. The molecule has 0 bridgehead atoms. The van der Waals surface area contributed by atoms with Gasteiger partial charge in [0.2, 0.25) is 5.78 Å². The largest absolute Gasteiger partial charge is 0.493 e. The van der Waals surface area contributed by atoms with Crippen molar-refractivity contribution in [1.29, 1.82) is 0 Å². The molecule has 0 fully saturated rings. The van der Waals surface area contributed by atoms with Crippen LogP contribution in [0.3, 0.4) is 0 Å². The molecule has 16 heavy (non-hydrogen) atoms. The van der Waals surface area contributed by atoms with Crippen molar-refractivity contribution in [2.75, 3.05) is 14.2 Å². The van der Waals surface area contributed by atoms with Crippen LogP contribution in [0.25, 0.3) is 0 Å². The van der Waals surface area contributed by atoms with Gasteiger partial charge in [0.1, 0.15) is 5.71 Å². The summed E-state index contributed by atoms with van der Waals surface area (Å²) in [6, 6.07) is 3.31. The van der Waals surface area contributed by atoms with E-state index >= 15 is 0 Å². The van der Waals surface area contributed by atoms with E-state index in [-0.39, 0.29) is 17.9 Å². The second-order valence-corrected chi connectivity index (χ2v) is 3.38. The first-order valence-corrected chi connectivity index (χ1v) is 4.72. The molecule has 0 spiro atoms. The highest BCUT2D eigenvalue weighted by Gasteiger charge is 2.31. The lowest BCUT2D eigenvalue weighted by atomic mass is 10.1. The number of fused-ring (bicyclic) bond motifs is 1. The molecule has 0 amide bonds. The van der Waals surface area contributed by atoms with Gasteiger partial charge in [-0.2, -0.15) is 0 Å². The van der Waals surface area contributed by atoms with Gasteiger partial charge in [-0.05, 0) is 12.1 Å². The number of hydrogen-bond acceptors (Lipinski definition) is 5. The summed E-state index contributed by atoms with van der Waals surface area (Å²) in [7, 11) is 3.04. The number of ether oxygens (including phenoxy) is 2. The molecule has 0 heterocycles. The van der Waals surface area contributed by atoms with Gasteiger partial charge in [-0.25, -0.2) is 0 Å². The van der Waals surface area contributed by atoms with Crippen molar-refractivity contribution in [2.24, 2.45) is 5.16 Å². The predicted molar refractivity (Wildman–Crippen MR) is 56.8 cm³/mol. The molecule has 1 aromatic rings. The number of oxime groups is 1. The number of methoxy groups -OCH3 is 2. The summed E-state index contributed by atoms with van der Waals surface area (Å²) in [4.78, 5) is 11.7. The van der Waals surface area contributed by atoms with E-state index in [4.69, 9.17) is 14.7 Å². The number of ketones is 1. The fourth-order valence-corrected chi connectivity index (χ4v) is 1.86. The third-order valence-corrected chi connectivity index (χ3v) is 2.62. The fraction of sp³-hybridized carbons (Fsp3) is 0.273. The third kappa shape index (κ3) is 1.32. The molecule has 0 aromatic heterocycles. The molecule has 1 aliphatic rings. The predicted octanol–water partition coefficient (Wildman–Crippen LogP) is 1.27. The van der Waals surface area contributed by atoms with Crippen LogP contribution in [-0.4, -0.2) is 30.9 Å². The zero-order valence-corrected chi connectivity index (χ0v) is 8.98. The quantitative estimate of drug-likeness (QED) is 0.603. The summed E-state index contributed by atoms with van der Waals surface area (Å²) in [6.45, 7) is 0. The van der Waals surface area contributed by atoms with Gasteiger partial charge in [-0.15, -0.1) is 0 Å². The fourth-order valence-electron chi connectivity index (χ4n) is 1.86. The van der Waals surface area contributed by atoms with E-state index in [9.17, 15) is 4.79 Å². The molecule has 0 atom stereocenters. The van der Waals surface area contributed by atoms with Gasteiger partial charge in [-0.3, -0.25) is 4.79 Å². The average molecular weight is 221 g/mol. The molecule has 0 unspecified atom stereocenters. The first-order valence-electron chi connectivity index (χ1n) is 4.72. The minimum atomic E-state index is -0.265. The number of carbonyl (C=O) groups is 1. The number of Topliss-reactive ketones (excluding diaryl/α,β-unsaturated/α-hetero) is 1. The first kappa shape index (κ1) is 10.5. The van der Waals surface area contributed by atoms with E-state index in [1.165, 1.54) is 14.2 Å². The molecule has 1 aromatic carbocycles. The van der Waals surface area contributed by atoms with E-state index in [1.54, 1.807) is 12.1 Å². The molecule has 0 saturated carbocycles. The lowest BCUT2D eigenvalue weighted by Gasteiger charge is -2.10. The maximum atomic E-state index is 11.7. The Labute approximate surface area is 92.3 Å². The highest BCUT2D eigenvalue weighted by molar-refractivity contribution is 6.49. The minimum Gasteiger partial charge on any atom is -0.493 e. The van der Waals surface area contributed by atoms with Crippen LogP contribution < -0.4 is 9.47 Å². The van der Waals surface area contributed by atoms with Crippen molar-refractivity contribution in [1.82, 2.24) is 0 Å². The van der Waals surface area contributed by atoms with Gasteiger partial charge < -0.3 is 14.7 Å². The van der Waals surface area contributed by atoms with E-state index < -0.39 is 0 Å². The Kier molecular flexibility index (Phi) is 2.52. The third-order valence-electron chi connectivity index (χ3n) is 2.62. The Bertz CT molecular complexity index is 479. The molecule has 0 aliphatic heterocycles. The van der Waals surface area contributed by atoms with Crippen LogP contribution >= 0.6 is 0 Å². The van der Waals surface area contributed by atoms with Crippen LogP contribution in [0.15, 0.2) is 17.3 Å². The van der Waals surface area contributed by atoms with Crippen molar-refractivity contribution in [3.05, 3.63) is 23.3 Å². The summed E-state index contributed by atoms with van der Waals surface area (Å²) >= 11 is 0. The Hall–Kier alpha value is -2.04. The normalized spacial score (nSPS) is 16.4. The molecule has 84 valence electrons. The maximum Gasteiger partial charge on any atom is 0.211 e. The van der Waals surface area contributed by atoms with E-state index in [2.05, 4.69) is 5.16 Å². The van der Waals surface area contributed by atoms with Gasteiger partial charge in [0.05, 0.1) is 14.2 Å². The number of hydrogen-bond donors (Lipinski definition) is 1. The number of nitrogens with zero attached hydrogens (tertiary/aromatic N) is 1. The van der Waals surface area contributed by atoms with Crippen molar-refractivity contribution in [3.8, 4) is 11.5 Å². The molecule has 0 radical (unpaired) electrons. The van der Waals surface area contributed by atoms with Crippen LogP contribution in [0.2, 0.25) is 0 Å². The SMILES string of the molecule is COc1ccc2c(c1OC)CC(=NO)C2=O. The Morgan fingerprint density at radius 2 is 2.06 bits per heavy atom. The average Bonchev–Trinajstić information content (AvgIpc) is 2.65. The van der Waals surface area contributed by atoms with E-state index in [0.29, 0.717) is 22.6 Å². The number of carbonyl (C=O) groups excluding carboxylic acids is 1. The Morgan fingerprint density at radius 1 is 1.31 bits per heavy atom. The van der Waals surface area contributed by atoms with E-state index in [0.717, 1.165) is 0 Å². The second kappa shape index (κ2) is 3.84. The first-order chi connectivity index (χ1) is 7.72. The molecular weight excluding hydrogens is 210 g/mol. The lowest BCUT2D eigenvalue weighted by Crippen LogP contribution is -2.06. The molecule has 2 rings (SSSR count). The van der Waals surface area contributed by atoms with Crippen molar-refractivity contribution < 1.29 is 19.5 Å². The van der Waals surface area contributed by atoms with Crippen LogP contribution in [0.5, 0.6) is 11.5 Å². The van der Waals surface area contributed by atoms with Crippen molar-refractivity contribution >= 4 is 11.5 Å². The Balaban J connectivity index is 2.61. The van der Waals surface area contributed by atoms with Crippen LogP contribution in [0, 0.1) is 0 Å². The summed E-state index contributed by atoms with van der Waals surface area (Å²) in [5.41, 5.74) is 1.34. The van der Waals surface area contributed by atoms with Crippen LogP contribution in [-0.2, 0) is 6.42 Å². The van der Waals surface area contributed by atoms with Crippen LogP contribution in [0.4, 0.5) is 0 Å². The Morgan fingerprint density at radius 3 is 2.62 bits per heavy atom. The molecular formula is C11H11NO4. The monoisotopic (exact) mass is 221 g/mol. The van der Waals surface area contributed by atoms with Gasteiger partial charge in [0, 0.05) is 17.5 Å². The minimum absolute atomic E-state index is 0.126. The van der Waals surface area contributed by atoms with Gasteiger partial charge >= 0.3 is 0 Å². The molecule has 5 nitrogen and oxygen atoms in total. The summed E-state index contributed by atoms with van der Waals surface area (Å²) in [6.07, 6.45) is 0.269. The standard InChI is InChI=1S/C11H11NO4/c1-15-9-4-3-6-7(11(9)16-2)5-8(12-14)10(6)13/h3-4,14H,5H2,1-2H3. The van der Waals surface area contributed by atoms with Crippen LogP contribution in [0.1, 0.15) is 15.9 Å². The summed E-state index contributed by atoms with van der Waals surface area (Å²) in [5, 5.41) is 11.7. The smallest absolute Gasteiger partial charge is 0.211 e. The lowest BCUT2D eigenvalue weighted by molar-refractivity contribution is 0.106. The highest BCUT2D eigenvalue weighted by Crippen LogP contribution is 2.37. The topological polar surface area (TPSA) is 68.1 Å². The van der Waals surface area contributed by atoms with Crippen molar-refractivity contribution in [3.63, 3.8) is 0 Å². The highest BCUT2D eigenvalue weighted by atomic mass is 16.5. The number of benzene rings is 1. The van der Waals surface area contributed by atoms with Crippen molar-refractivity contribution in [2.45, 2.75) is 6.42 Å². The van der Waals surface area contributed by atoms with Gasteiger partial charge in [-0.1, -0.05) is 5.16 Å². The maximum absolute atomic E-state index is 11.7. The summed E-state index contributed by atoms with van der Waals surface area (Å²) in [5.74, 6) is 0.818. The zero-order chi connectivity index (χ0) is 11.7. The van der Waals surface area contributed by atoms with Gasteiger partial charge in [0.25, 0.3) is 0 Å². The molecule has 1 N–H and O–H groups in total. The van der Waals surface area contributed by atoms with Gasteiger partial charge in [0.15, 0.2) is 11.5 Å². The zero-order valence-electron chi connectivity index (χ0n) is 8.98. The molecule has 1 aliphatic carbocycles. The van der Waals surface area contributed by atoms with E-state index in [1.807, 2.05) is 0 Å². The summed E-state index contributed by atoms with van der Waals surface area (Å²) < 4.78 is 10.3. The molecule has 5 heteroatoms. The molecule has 0 saturated heterocycles.